The van der Waals surface area contributed by atoms with E-state index in [0.29, 0.717) is 11.5 Å². The van der Waals surface area contributed by atoms with Gasteiger partial charge in [0.15, 0.2) is 0 Å². The quantitative estimate of drug-likeness (QED) is 0.444. The highest BCUT2D eigenvalue weighted by atomic mass is 15.2. The summed E-state index contributed by atoms with van der Waals surface area (Å²) >= 11 is 0. The first-order valence-electron chi connectivity index (χ1n) is 4.83. The molecule has 2 nitrogen and oxygen atoms in total. The van der Waals surface area contributed by atoms with Gasteiger partial charge in [0.05, 0.1) is 0 Å². The lowest BCUT2D eigenvalue weighted by Gasteiger charge is -2.30. The predicted molar refractivity (Wildman–Crippen MR) is 45.9 cm³/mol. The van der Waals surface area contributed by atoms with Crippen LogP contribution in [-0.2, 0) is 0 Å². The fourth-order valence-electron chi connectivity index (χ4n) is 3.08. The lowest BCUT2D eigenvalue weighted by Crippen LogP contribution is -2.43. The minimum absolute atomic E-state index is 0.620. The Morgan fingerprint density at radius 1 is 1.09 bits per heavy atom. The van der Waals surface area contributed by atoms with Crippen molar-refractivity contribution in [3.8, 4) is 0 Å². The zero-order valence-electron chi connectivity index (χ0n) is 7.10. The second kappa shape index (κ2) is 2.76. The molecule has 0 radical (unpaired) electrons. The smallest absolute Gasteiger partial charge is 0.0266 e. The topological polar surface area (TPSA) is 38.0 Å². The Morgan fingerprint density at radius 3 is 2.36 bits per heavy atom. The second-order valence-electron chi connectivity index (χ2n) is 4.18. The van der Waals surface area contributed by atoms with Crippen molar-refractivity contribution >= 4 is 0 Å². The SMILES string of the molecule is NNC1CCCC12CCCC2. The van der Waals surface area contributed by atoms with E-state index in [9.17, 15) is 0 Å². The molecule has 0 aromatic carbocycles. The van der Waals surface area contributed by atoms with Gasteiger partial charge >= 0.3 is 0 Å². The maximum atomic E-state index is 5.54. The molecule has 2 rings (SSSR count). The van der Waals surface area contributed by atoms with E-state index in [0.717, 1.165) is 0 Å². The van der Waals surface area contributed by atoms with Crippen LogP contribution in [0.4, 0.5) is 0 Å². The summed E-state index contributed by atoms with van der Waals surface area (Å²) in [7, 11) is 0. The van der Waals surface area contributed by atoms with E-state index in [1.54, 1.807) is 0 Å². The lowest BCUT2D eigenvalue weighted by atomic mass is 9.81. The van der Waals surface area contributed by atoms with E-state index in [-0.39, 0.29) is 0 Å². The van der Waals surface area contributed by atoms with Crippen LogP contribution >= 0.6 is 0 Å². The van der Waals surface area contributed by atoms with E-state index in [1.165, 1.54) is 44.9 Å². The highest BCUT2D eigenvalue weighted by Gasteiger charge is 2.43. The third-order valence-corrected chi connectivity index (χ3v) is 3.71. The Kier molecular flexibility index (Phi) is 1.90. The zero-order chi connectivity index (χ0) is 7.73. The molecule has 0 aromatic rings. The monoisotopic (exact) mass is 154 g/mol. The molecular formula is C9H18N2. The summed E-state index contributed by atoms with van der Waals surface area (Å²) in [5.41, 5.74) is 3.62. The van der Waals surface area contributed by atoms with E-state index in [2.05, 4.69) is 5.43 Å². The van der Waals surface area contributed by atoms with Gasteiger partial charge in [-0.2, -0.15) is 0 Å². The molecule has 3 N–H and O–H groups in total. The van der Waals surface area contributed by atoms with Gasteiger partial charge in [0.2, 0.25) is 0 Å². The number of hydrogen-bond donors (Lipinski definition) is 2. The van der Waals surface area contributed by atoms with Gasteiger partial charge < -0.3 is 0 Å². The molecule has 2 heteroatoms. The first-order chi connectivity index (χ1) is 5.37. The van der Waals surface area contributed by atoms with E-state index >= 15 is 0 Å². The Labute approximate surface area is 68.5 Å². The molecule has 2 fully saturated rings. The molecule has 0 saturated heterocycles. The minimum atomic E-state index is 0.620. The van der Waals surface area contributed by atoms with Crippen molar-refractivity contribution in [1.82, 2.24) is 5.43 Å². The van der Waals surface area contributed by atoms with Crippen LogP contribution in [0.2, 0.25) is 0 Å². The molecule has 1 unspecified atom stereocenters. The minimum Gasteiger partial charge on any atom is -0.271 e. The summed E-state index contributed by atoms with van der Waals surface area (Å²) in [5, 5.41) is 0. The molecule has 0 amide bonds. The van der Waals surface area contributed by atoms with E-state index in [1.807, 2.05) is 0 Å². The molecule has 0 bridgehead atoms. The molecule has 11 heavy (non-hydrogen) atoms. The number of rotatable bonds is 1. The summed E-state index contributed by atoms with van der Waals surface area (Å²) in [6.45, 7) is 0. The van der Waals surface area contributed by atoms with Gasteiger partial charge in [-0.05, 0) is 31.1 Å². The number of hydrazine groups is 1. The van der Waals surface area contributed by atoms with Crippen molar-refractivity contribution in [2.24, 2.45) is 11.3 Å². The Balaban J connectivity index is 2.09. The van der Waals surface area contributed by atoms with Crippen LogP contribution in [0.3, 0.4) is 0 Å². The maximum absolute atomic E-state index is 5.54. The average molecular weight is 154 g/mol. The molecule has 2 aliphatic carbocycles. The van der Waals surface area contributed by atoms with Gasteiger partial charge in [-0.15, -0.1) is 0 Å². The number of nitrogens with two attached hydrogens (primary N) is 1. The van der Waals surface area contributed by atoms with Crippen LogP contribution in [0, 0.1) is 5.41 Å². The molecule has 0 aliphatic heterocycles. The molecule has 0 aromatic heterocycles. The third kappa shape index (κ3) is 1.09. The Hall–Kier alpha value is -0.0800. The highest BCUT2D eigenvalue weighted by molar-refractivity contribution is 4.98. The normalized spacial score (nSPS) is 35.2. The first-order valence-corrected chi connectivity index (χ1v) is 4.83. The van der Waals surface area contributed by atoms with Crippen LogP contribution < -0.4 is 11.3 Å². The van der Waals surface area contributed by atoms with Crippen LogP contribution in [0.15, 0.2) is 0 Å². The average Bonchev–Trinajstić information content (AvgIpc) is 2.62. The van der Waals surface area contributed by atoms with Crippen molar-refractivity contribution in [3.05, 3.63) is 0 Å². The standard InChI is InChI=1S/C9H18N2/c10-11-8-4-3-7-9(8)5-1-2-6-9/h8,11H,1-7,10H2. The maximum Gasteiger partial charge on any atom is 0.0266 e. The summed E-state index contributed by atoms with van der Waals surface area (Å²) in [6, 6.07) is 0.630. The fraction of sp³-hybridized carbons (Fsp3) is 1.00. The summed E-state index contributed by atoms with van der Waals surface area (Å²) in [5.74, 6) is 5.54. The summed E-state index contributed by atoms with van der Waals surface area (Å²) in [6.07, 6.45) is 9.80. The fourth-order valence-corrected chi connectivity index (χ4v) is 3.08. The zero-order valence-corrected chi connectivity index (χ0v) is 7.10. The van der Waals surface area contributed by atoms with Crippen molar-refractivity contribution in [2.45, 2.75) is 51.0 Å². The van der Waals surface area contributed by atoms with Crippen molar-refractivity contribution < 1.29 is 0 Å². The Morgan fingerprint density at radius 2 is 1.73 bits per heavy atom. The van der Waals surface area contributed by atoms with Gasteiger partial charge in [-0.3, -0.25) is 11.3 Å². The van der Waals surface area contributed by atoms with Gasteiger partial charge in [0.25, 0.3) is 0 Å². The molecule has 1 spiro atoms. The van der Waals surface area contributed by atoms with E-state index in [4.69, 9.17) is 5.84 Å². The van der Waals surface area contributed by atoms with Gasteiger partial charge in [0.1, 0.15) is 0 Å². The van der Waals surface area contributed by atoms with E-state index < -0.39 is 0 Å². The molecule has 64 valence electrons. The number of nitrogens with one attached hydrogen (secondary N) is 1. The summed E-state index contributed by atoms with van der Waals surface area (Å²) < 4.78 is 0. The van der Waals surface area contributed by atoms with Crippen LogP contribution in [-0.4, -0.2) is 6.04 Å². The van der Waals surface area contributed by atoms with Crippen molar-refractivity contribution in [1.29, 1.82) is 0 Å². The highest BCUT2D eigenvalue weighted by Crippen LogP contribution is 2.50. The lowest BCUT2D eigenvalue weighted by molar-refractivity contribution is 0.234. The molecular weight excluding hydrogens is 136 g/mol. The second-order valence-corrected chi connectivity index (χ2v) is 4.18. The molecule has 2 saturated carbocycles. The van der Waals surface area contributed by atoms with Crippen LogP contribution in [0.5, 0.6) is 0 Å². The molecule has 2 aliphatic rings. The van der Waals surface area contributed by atoms with Crippen molar-refractivity contribution in [3.63, 3.8) is 0 Å². The molecule has 1 atom stereocenters. The number of hydrogen-bond acceptors (Lipinski definition) is 2. The largest absolute Gasteiger partial charge is 0.271 e. The third-order valence-electron chi connectivity index (χ3n) is 3.71. The van der Waals surface area contributed by atoms with Crippen LogP contribution in [0.25, 0.3) is 0 Å². The molecule has 0 heterocycles. The first kappa shape index (κ1) is 7.56. The van der Waals surface area contributed by atoms with Gasteiger partial charge in [-0.25, -0.2) is 0 Å². The van der Waals surface area contributed by atoms with Crippen molar-refractivity contribution in [2.75, 3.05) is 0 Å². The van der Waals surface area contributed by atoms with Crippen LogP contribution in [0.1, 0.15) is 44.9 Å². The summed E-state index contributed by atoms with van der Waals surface area (Å²) in [4.78, 5) is 0. The van der Waals surface area contributed by atoms with Gasteiger partial charge in [-0.1, -0.05) is 19.3 Å². The van der Waals surface area contributed by atoms with Gasteiger partial charge in [0, 0.05) is 6.04 Å². The Bertz CT molecular complexity index is 133. The predicted octanol–water partition coefficient (Wildman–Crippen LogP) is 1.56.